The van der Waals surface area contributed by atoms with Gasteiger partial charge in [0, 0.05) is 31.7 Å². The van der Waals surface area contributed by atoms with Gasteiger partial charge in [0.1, 0.15) is 0 Å². The SMILES string of the molecule is CNC(CN(C)CC1CCCCC1)C1CCOC1. The van der Waals surface area contributed by atoms with E-state index in [2.05, 4.69) is 24.3 Å². The smallest absolute Gasteiger partial charge is 0.0510 e. The minimum Gasteiger partial charge on any atom is -0.381 e. The topological polar surface area (TPSA) is 24.5 Å². The van der Waals surface area contributed by atoms with Gasteiger partial charge in [-0.3, -0.25) is 0 Å². The van der Waals surface area contributed by atoms with Crippen molar-refractivity contribution in [1.29, 1.82) is 0 Å². The minimum absolute atomic E-state index is 0.598. The first-order chi connectivity index (χ1) is 8.79. The maximum absolute atomic E-state index is 5.51. The van der Waals surface area contributed by atoms with Gasteiger partial charge in [-0.15, -0.1) is 0 Å². The van der Waals surface area contributed by atoms with Crippen molar-refractivity contribution in [3.63, 3.8) is 0 Å². The zero-order chi connectivity index (χ0) is 12.8. The number of nitrogens with one attached hydrogen (secondary N) is 1. The molecule has 1 saturated carbocycles. The second-order valence-electron chi connectivity index (χ2n) is 6.24. The van der Waals surface area contributed by atoms with E-state index in [-0.39, 0.29) is 0 Å². The normalized spacial score (nSPS) is 27.8. The van der Waals surface area contributed by atoms with Gasteiger partial charge in [0.05, 0.1) is 6.61 Å². The van der Waals surface area contributed by atoms with Crippen LogP contribution in [-0.2, 0) is 4.74 Å². The summed E-state index contributed by atoms with van der Waals surface area (Å²) in [6.07, 6.45) is 8.47. The Balaban J connectivity index is 1.72. The zero-order valence-corrected chi connectivity index (χ0v) is 12.2. The Morgan fingerprint density at radius 3 is 2.61 bits per heavy atom. The van der Waals surface area contributed by atoms with E-state index < -0.39 is 0 Å². The highest BCUT2D eigenvalue weighted by molar-refractivity contribution is 4.81. The molecule has 106 valence electrons. The van der Waals surface area contributed by atoms with E-state index in [0.29, 0.717) is 12.0 Å². The summed E-state index contributed by atoms with van der Waals surface area (Å²) in [7, 11) is 4.38. The molecule has 0 amide bonds. The third-order valence-electron chi connectivity index (χ3n) is 4.71. The molecule has 2 unspecified atom stereocenters. The first-order valence-electron chi connectivity index (χ1n) is 7.73. The molecule has 1 aliphatic carbocycles. The average molecular weight is 254 g/mol. The molecule has 2 aliphatic rings. The average Bonchev–Trinajstić information content (AvgIpc) is 2.91. The summed E-state index contributed by atoms with van der Waals surface area (Å²) in [6, 6.07) is 0.598. The van der Waals surface area contributed by atoms with Crippen LogP contribution in [0.4, 0.5) is 0 Å². The largest absolute Gasteiger partial charge is 0.381 e. The molecule has 0 radical (unpaired) electrons. The number of hydrogen-bond donors (Lipinski definition) is 1. The van der Waals surface area contributed by atoms with Crippen LogP contribution in [0.15, 0.2) is 0 Å². The van der Waals surface area contributed by atoms with E-state index in [1.807, 2.05) is 0 Å². The highest BCUT2D eigenvalue weighted by Gasteiger charge is 2.26. The van der Waals surface area contributed by atoms with Crippen molar-refractivity contribution in [3.8, 4) is 0 Å². The van der Waals surface area contributed by atoms with Crippen molar-refractivity contribution in [2.45, 2.75) is 44.6 Å². The van der Waals surface area contributed by atoms with Crippen molar-refractivity contribution in [1.82, 2.24) is 10.2 Å². The van der Waals surface area contributed by atoms with E-state index in [0.717, 1.165) is 19.1 Å². The number of likely N-dealkylation sites (N-methyl/N-ethyl adjacent to an activating group) is 2. The Morgan fingerprint density at radius 2 is 2.00 bits per heavy atom. The fourth-order valence-electron chi connectivity index (χ4n) is 3.57. The van der Waals surface area contributed by atoms with E-state index in [1.54, 1.807) is 0 Å². The summed E-state index contributed by atoms with van der Waals surface area (Å²) in [5, 5.41) is 3.49. The Kier molecular flexibility index (Phi) is 5.93. The molecular weight excluding hydrogens is 224 g/mol. The molecule has 2 atom stereocenters. The van der Waals surface area contributed by atoms with Crippen molar-refractivity contribution < 1.29 is 4.74 Å². The number of nitrogens with zero attached hydrogens (tertiary/aromatic N) is 1. The summed E-state index contributed by atoms with van der Waals surface area (Å²) in [5.41, 5.74) is 0. The van der Waals surface area contributed by atoms with Gasteiger partial charge in [-0.1, -0.05) is 19.3 Å². The molecule has 1 aliphatic heterocycles. The number of rotatable bonds is 6. The van der Waals surface area contributed by atoms with Crippen LogP contribution in [0.25, 0.3) is 0 Å². The van der Waals surface area contributed by atoms with Gasteiger partial charge in [-0.2, -0.15) is 0 Å². The fraction of sp³-hybridized carbons (Fsp3) is 1.00. The fourth-order valence-corrected chi connectivity index (χ4v) is 3.57. The summed E-state index contributed by atoms with van der Waals surface area (Å²) < 4.78 is 5.51. The summed E-state index contributed by atoms with van der Waals surface area (Å²) in [4.78, 5) is 2.54. The van der Waals surface area contributed by atoms with E-state index in [4.69, 9.17) is 4.74 Å². The lowest BCUT2D eigenvalue weighted by Gasteiger charge is -2.31. The second kappa shape index (κ2) is 7.46. The predicted molar refractivity (Wildman–Crippen MR) is 75.8 cm³/mol. The number of hydrogen-bond acceptors (Lipinski definition) is 3. The monoisotopic (exact) mass is 254 g/mol. The van der Waals surface area contributed by atoms with Crippen LogP contribution >= 0.6 is 0 Å². The Bertz CT molecular complexity index is 223. The van der Waals surface area contributed by atoms with Crippen LogP contribution in [0, 0.1) is 11.8 Å². The van der Waals surface area contributed by atoms with Crippen LogP contribution in [0.1, 0.15) is 38.5 Å². The van der Waals surface area contributed by atoms with E-state index in [1.165, 1.54) is 51.6 Å². The molecular formula is C15H30N2O. The molecule has 0 aromatic rings. The highest BCUT2D eigenvalue weighted by Crippen LogP contribution is 2.24. The minimum atomic E-state index is 0.598. The molecule has 1 N–H and O–H groups in total. The molecule has 3 nitrogen and oxygen atoms in total. The van der Waals surface area contributed by atoms with Crippen molar-refractivity contribution in [2.75, 3.05) is 40.4 Å². The summed E-state index contributed by atoms with van der Waals surface area (Å²) in [6.45, 7) is 4.35. The summed E-state index contributed by atoms with van der Waals surface area (Å²) >= 11 is 0. The molecule has 0 spiro atoms. The second-order valence-corrected chi connectivity index (χ2v) is 6.24. The van der Waals surface area contributed by atoms with E-state index in [9.17, 15) is 0 Å². The maximum atomic E-state index is 5.51. The molecule has 2 fully saturated rings. The lowest BCUT2D eigenvalue weighted by Crippen LogP contribution is -2.44. The van der Waals surface area contributed by atoms with Gasteiger partial charge in [-0.05, 0) is 39.3 Å². The van der Waals surface area contributed by atoms with Gasteiger partial charge in [0.2, 0.25) is 0 Å². The summed E-state index contributed by atoms with van der Waals surface area (Å²) in [5.74, 6) is 1.66. The van der Waals surface area contributed by atoms with Crippen molar-refractivity contribution in [3.05, 3.63) is 0 Å². The third-order valence-corrected chi connectivity index (χ3v) is 4.71. The van der Waals surface area contributed by atoms with Crippen LogP contribution in [0.5, 0.6) is 0 Å². The maximum Gasteiger partial charge on any atom is 0.0510 e. The first-order valence-corrected chi connectivity index (χ1v) is 7.73. The Labute approximate surface area is 112 Å². The van der Waals surface area contributed by atoms with Gasteiger partial charge < -0.3 is 15.0 Å². The quantitative estimate of drug-likeness (QED) is 0.786. The van der Waals surface area contributed by atoms with Crippen LogP contribution in [0.3, 0.4) is 0 Å². The Morgan fingerprint density at radius 1 is 1.22 bits per heavy atom. The van der Waals surface area contributed by atoms with Crippen molar-refractivity contribution >= 4 is 0 Å². The van der Waals surface area contributed by atoms with Gasteiger partial charge >= 0.3 is 0 Å². The molecule has 18 heavy (non-hydrogen) atoms. The molecule has 0 bridgehead atoms. The van der Waals surface area contributed by atoms with Gasteiger partial charge in [-0.25, -0.2) is 0 Å². The first kappa shape index (κ1) is 14.3. The zero-order valence-electron chi connectivity index (χ0n) is 12.2. The van der Waals surface area contributed by atoms with Crippen LogP contribution in [0.2, 0.25) is 0 Å². The van der Waals surface area contributed by atoms with Gasteiger partial charge in [0.25, 0.3) is 0 Å². The van der Waals surface area contributed by atoms with Crippen molar-refractivity contribution in [2.24, 2.45) is 11.8 Å². The van der Waals surface area contributed by atoms with E-state index >= 15 is 0 Å². The van der Waals surface area contributed by atoms with Crippen LogP contribution < -0.4 is 5.32 Å². The standard InChI is InChI=1S/C15H30N2O/c1-16-15(14-8-9-18-12-14)11-17(2)10-13-6-4-3-5-7-13/h13-16H,3-12H2,1-2H3. The molecule has 1 heterocycles. The molecule has 1 saturated heterocycles. The molecule has 0 aromatic heterocycles. The lowest BCUT2D eigenvalue weighted by atomic mass is 9.88. The lowest BCUT2D eigenvalue weighted by molar-refractivity contribution is 0.161. The van der Waals surface area contributed by atoms with Crippen LogP contribution in [-0.4, -0.2) is 51.3 Å². The molecule has 2 rings (SSSR count). The highest BCUT2D eigenvalue weighted by atomic mass is 16.5. The predicted octanol–water partition coefficient (Wildman–Crippen LogP) is 2.12. The Hall–Kier alpha value is -0.120. The van der Waals surface area contributed by atoms with Gasteiger partial charge in [0.15, 0.2) is 0 Å². The molecule has 3 heteroatoms. The number of ether oxygens (including phenoxy) is 1. The molecule has 0 aromatic carbocycles. The third kappa shape index (κ3) is 4.22.